The minimum atomic E-state index is -0.680. The monoisotopic (exact) mass is 550 g/mol. The Morgan fingerprint density at radius 3 is 2.29 bits per heavy atom. The molecule has 0 aliphatic carbocycles. The highest BCUT2D eigenvalue weighted by atomic mass is 127. The van der Waals surface area contributed by atoms with Gasteiger partial charge in [0.05, 0.1) is 28.5 Å². The number of ether oxygens (including phenoxy) is 3. The van der Waals surface area contributed by atoms with Crippen LogP contribution in [0.25, 0.3) is 0 Å². The van der Waals surface area contributed by atoms with Crippen LogP contribution in [0.5, 0.6) is 0 Å². The third kappa shape index (κ3) is 6.97. The van der Waals surface area contributed by atoms with Crippen molar-refractivity contribution in [3.8, 4) is 0 Å². The van der Waals surface area contributed by atoms with Gasteiger partial charge in [-0.15, -0.1) is 0 Å². The van der Waals surface area contributed by atoms with Gasteiger partial charge in [0.15, 0.2) is 5.69 Å². The molecule has 1 aromatic rings. The normalized spacial score (nSPS) is 19.2. The molecule has 0 spiro atoms. The molecule has 2 heterocycles. The average Bonchev–Trinajstić information content (AvgIpc) is 3.15. The van der Waals surface area contributed by atoms with Gasteiger partial charge in [-0.05, 0) is 71.1 Å². The summed E-state index contributed by atoms with van der Waals surface area (Å²) in [5.41, 5.74) is -1.07. The number of rotatable bonds is 4. The summed E-state index contributed by atoms with van der Waals surface area (Å²) in [5, 5.41) is 7.15. The summed E-state index contributed by atoms with van der Waals surface area (Å²) in [6.45, 7) is 12.9. The topological polar surface area (TPSA) is 112 Å². The summed E-state index contributed by atoms with van der Waals surface area (Å²) in [5.74, 6) is -0.517. The van der Waals surface area contributed by atoms with Gasteiger partial charge in [-0.1, -0.05) is 0 Å². The quantitative estimate of drug-likeness (QED) is 0.348. The van der Waals surface area contributed by atoms with Crippen molar-refractivity contribution in [3.05, 3.63) is 15.5 Å². The fraction of sp³-hybridized carbons (Fsp3) is 0.700. The van der Waals surface area contributed by atoms with Crippen LogP contribution in [0.2, 0.25) is 0 Å². The highest BCUT2D eigenvalue weighted by molar-refractivity contribution is 14.1. The Bertz CT molecular complexity index is 827. The molecule has 0 unspecified atom stereocenters. The lowest BCUT2D eigenvalue weighted by atomic mass is 10.1. The molecular formula is C20H31IN4O6. The first kappa shape index (κ1) is 25.2. The summed E-state index contributed by atoms with van der Waals surface area (Å²) in [6.07, 6.45) is 0.423. The van der Waals surface area contributed by atoms with Crippen LogP contribution >= 0.6 is 22.6 Å². The number of carbonyl (C=O) groups excluding carboxylic acids is 3. The minimum Gasteiger partial charge on any atom is -0.461 e. The van der Waals surface area contributed by atoms with Crippen LogP contribution in [0, 0.1) is 3.57 Å². The van der Waals surface area contributed by atoms with E-state index in [9.17, 15) is 14.4 Å². The summed E-state index contributed by atoms with van der Waals surface area (Å²) in [6, 6.07) is -1.06. The molecule has 1 saturated heterocycles. The molecule has 1 aliphatic heterocycles. The number of carbonyl (C=O) groups is 3. The number of nitrogens with one attached hydrogen (secondary N) is 1. The van der Waals surface area contributed by atoms with Crippen molar-refractivity contribution in [1.29, 1.82) is 0 Å². The van der Waals surface area contributed by atoms with Gasteiger partial charge in [0.1, 0.15) is 11.2 Å². The number of aromatic nitrogens is 2. The smallest absolute Gasteiger partial charge is 0.410 e. The van der Waals surface area contributed by atoms with Gasteiger partial charge in [0.2, 0.25) is 0 Å². The Kier molecular flexibility index (Phi) is 7.82. The predicted octanol–water partition coefficient (Wildman–Crippen LogP) is 3.35. The molecule has 0 bridgehead atoms. The number of likely N-dealkylation sites (tertiary alicyclic amines) is 1. The molecule has 2 rings (SSSR count). The van der Waals surface area contributed by atoms with E-state index >= 15 is 0 Å². The maximum absolute atomic E-state index is 12.7. The summed E-state index contributed by atoms with van der Waals surface area (Å²) >= 11 is 2.01. The number of hydrogen-bond acceptors (Lipinski definition) is 7. The Morgan fingerprint density at radius 1 is 1.13 bits per heavy atom. The zero-order valence-electron chi connectivity index (χ0n) is 19.0. The number of nitrogens with zero attached hydrogens (tertiary/aromatic N) is 3. The number of halogens is 1. The number of amides is 2. The lowest BCUT2D eigenvalue weighted by Gasteiger charge is -2.25. The van der Waals surface area contributed by atoms with Crippen LogP contribution in [-0.2, 0) is 14.2 Å². The van der Waals surface area contributed by atoms with Crippen LogP contribution in [0.4, 0.5) is 9.59 Å². The molecule has 31 heavy (non-hydrogen) atoms. The van der Waals surface area contributed by atoms with Crippen molar-refractivity contribution in [2.45, 2.75) is 71.8 Å². The number of alkyl carbamates (subject to hydrolysis) is 1. The molecule has 2 amide bonds. The second-order valence-electron chi connectivity index (χ2n) is 9.21. The maximum atomic E-state index is 12.7. The first-order valence-corrected chi connectivity index (χ1v) is 11.2. The van der Waals surface area contributed by atoms with Crippen molar-refractivity contribution in [2.75, 3.05) is 19.7 Å². The third-order valence-electron chi connectivity index (χ3n) is 4.18. The second-order valence-corrected chi connectivity index (χ2v) is 10.4. The van der Waals surface area contributed by atoms with Crippen LogP contribution in [0.15, 0.2) is 6.20 Å². The van der Waals surface area contributed by atoms with E-state index in [4.69, 9.17) is 14.2 Å². The van der Waals surface area contributed by atoms with E-state index in [0.29, 0.717) is 3.57 Å². The van der Waals surface area contributed by atoms with E-state index in [1.165, 1.54) is 9.58 Å². The Hall–Kier alpha value is -2.05. The maximum Gasteiger partial charge on any atom is 0.410 e. The summed E-state index contributed by atoms with van der Waals surface area (Å²) in [4.78, 5) is 39.1. The SMILES string of the molecule is CCOC(=O)c1c(I)cnn1[C@@H]1CN(C(=O)OC(C)(C)C)C[C@@H]1NC(=O)OC(C)(C)C. The van der Waals surface area contributed by atoms with Crippen molar-refractivity contribution in [3.63, 3.8) is 0 Å². The second kappa shape index (κ2) is 9.61. The molecule has 0 aromatic carbocycles. The molecule has 0 saturated carbocycles. The fourth-order valence-electron chi connectivity index (χ4n) is 3.09. The molecule has 11 heteroatoms. The Labute approximate surface area is 196 Å². The highest BCUT2D eigenvalue weighted by Crippen LogP contribution is 2.27. The first-order valence-electron chi connectivity index (χ1n) is 10.1. The molecule has 1 fully saturated rings. The molecule has 10 nitrogen and oxygen atoms in total. The van der Waals surface area contributed by atoms with Gasteiger partial charge in [-0.25, -0.2) is 14.4 Å². The Morgan fingerprint density at radius 2 is 1.74 bits per heavy atom. The van der Waals surface area contributed by atoms with E-state index in [0.717, 1.165) is 0 Å². The minimum absolute atomic E-state index is 0.178. The lowest BCUT2D eigenvalue weighted by molar-refractivity contribution is 0.0279. The van der Waals surface area contributed by atoms with Crippen LogP contribution in [-0.4, -0.2) is 69.8 Å². The molecule has 174 valence electrons. The van der Waals surface area contributed by atoms with Crippen molar-refractivity contribution < 1.29 is 28.6 Å². The first-order chi connectivity index (χ1) is 14.2. The van der Waals surface area contributed by atoms with E-state index in [1.54, 1.807) is 54.7 Å². The largest absolute Gasteiger partial charge is 0.461 e. The van der Waals surface area contributed by atoms with Crippen molar-refractivity contribution >= 4 is 40.7 Å². The molecule has 1 aliphatic rings. The van der Waals surface area contributed by atoms with Crippen LogP contribution < -0.4 is 5.32 Å². The highest BCUT2D eigenvalue weighted by Gasteiger charge is 2.42. The van der Waals surface area contributed by atoms with Gasteiger partial charge >= 0.3 is 18.2 Å². The molecule has 1 N–H and O–H groups in total. The Balaban J connectivity index is 2.33. The average molecular weight is 550 g/mol. The third-order valence-corrected chi connectivity index (χ3v) is 4.97. The number of hydrogen-bond donors (Lipinski definition) is 1. The zero-order chi connectivity index (χ0) is 23.6. The lowest BCUT2D eigenvalue weighted by Crippen LogP contribution is -2.44. The van der Waals surface area contributed by atoms with Gasteiger partial charge in [-0.2, -0.15) is 5.10 Å². The van der Waals surface area contributed by atoms with Crippen LogP contribution in [0.3, 0.4) is 0 Å². The molecule has 1 aromatic heterocycles. The van der Waals surface area contributed by atoms with Gasteiger partial charge in [-0.3, -0.25) is 4.68 Å². The molecule has 0 radical (unpaired) electrons. The fourth-order valence-corrected chi connectivity index (χ4v) is 3.69. The van der Waals surface area contributed by atoms with Gasteiger partial charge < -0.3 is 24.4 Å². The molecule has 2 atom stereocenters. The summed E-state index contributed by atoms with van der Waals surface area (Å²) in [7, 11) is 0. The van der Waals surface area contributed by atoms with Gasteiger partial charge in [0, 0.05) is 13.1 Å². The van der Waals surface area contributed by atoms with Crippen molar-refractivity contribution in [2.24, 2.45) is 0 Å². The standard InChI is InChI=1S/C20H31IN4O6/c1-8-29-16(26)15-12(21)9-22-25(15)14-11-24(18(28)31-20(5,6)7)10-13(14)23-17(27)30-19(2,3)4/h9,13-14H,8,10-11H2,1-7H3,(H,23,27)/t13-,14+/m0/s1. The van der Waals surface area contributed by atoms with E-state index < -0.39 is 41.4 Å². The number of esters is 1. The van der Waals surface area contributed by atoms with E-state index in [-0.39, 0.29) is 25.4 Å². The van der Waals surface area contributed by atoms with Crippen LogP contribution in [0.1, 0.15) is 65.0 Å². The summed E-state index contributed by atoms with van der Waals surface area (Å²) < 4.78 is 18.1. The predicted molar refractivity (Wildman–Crippen MR) is 121 cm³/mol. The van der Waals surface area contributed by atoms with E-state index in [1.807, 2.05) is 22.6 Å². The van der Waals surface area contributed by atoms with E-state index in [2.05, 4.69) is 10.4 Å². The molecular weight excluding hydrogens is 519 g/mol. The van der Waals surface area contributed by atoms with Gasteiger partial charge in [0.25, 0.3) is 0 Å². The van der Waals surface area contributed by atoms with Crippen molar-refractivity contribution in [1.82, 2.24) is 20.0 Å². The zero-order valence-corrected chi connectivity index (χ0v) is 21.2.